The number of hydrogen-bond donors (Lipinski definition) is 1. The van der Waals surface area contributed by atoms with Crippen LogP contribution in [-0.2, 0) is 0 Å². The highest BCUT2D eigenvalue weighted by Gasteiger charge is 2.11. The smallest absolute Gasteiger partial charge is 0.210 e. The van der Waals surface area contributed by atoms with Gasteiger partial charge in [0.25, 0.3) is 0 Å². The van der Waals surface area contributed by atoms with Crippen molar-refractivity contribution in [2.75, 3.05) is 0 Å². The lowest BCUT2D eigenvalue weighted by Crippen LogP contribution is -2.08. The summed E-state index contributed by atoms with van der Waals surface area (Å²) in [6.45, 7) is 5.08. The molecule has 13 heavy (non-hydrogen) atoms. The summed E-state index contributed by atoms with van der Waals surface area (Å²) in [6.07, 6.45) is 0. The van der Waals surface area contributed by atoms with Crippen molar-refractivity contribution in [1.29, 1.82) is 0 Å². The minimum Gasteiger partial charge on any atom is -0.294 e. The van der Waals surface area contributed by atoms with Gasteiger partial charge in [0.2, 0.25) is 4.77 Å². The molecule has 0 N–H and O–H groups in total. The fraction of sp³-hybridized carbons (Fsp3) is 0.375. The van der Waals surface area contributed by atoms with E-state index in [0.717, 1.165) is 5.69 Å². The minimum absolute atomic E-state index is 0.0136. The molecule has 3 nitrogen and oxygen atoms in total. The quantitative estimate of drug-likeness (QED) is 0.442. The first-order chi connectivity index (χ1) is 5.95. The first-order valence-electron chi connectivity index (χ1n) is 3.75. The second-order valence-corrected chi connectivity index (χ2v) is 3.57. The number of carbonyl (C=O) groups is 1. The summed E-state index contributed by atoms with van der Waals surface area (Å²) < 4.78 is 1.82. The zero-order valence-electron chi connectivity index (χ0n) is 7.66. The van der Waals surface area contributed by atoms with Gasteiger partial charge in [-0.15, -0.1) is 0 Å². The fourth-order valence-corrected chi connectivity index (χ4v) is 1.69. The minimum atomic E-state index is -0.0136. The molecule has 0 aliphatic rings. The van der Waals surface area contributed by atoms with Crippen LogP contribution in [0.25, 0.3) is 0 Å². The van der Waals surface area contributed by atoms with Gasteiger partial charge in [-0.2, -0.15) is 0 Å². The molecule has 0 amide bonds. The van der Waals surface area contributed by atoms with Gasteiger partial charge in [-0.25, -0.2) is 4.98 Å². The number of thiol groups is 1. The van der Waals surface area contributed by atoms with Crippen molar-refractivity contribution in [3.05, 3.63) is 21.7 Å². The molecule has 0 spiro atoms. The van der Waals surface area contributed by atoms with Crippen molar-refractivity contribution in [2.24, 2.45) is 0 Å². The zero-order valence-corrected chi connectivity index (χ0v) is 9.37. The average Bonchev–Trinajstić information content (AvgIpc) is 1.99. The van der Waals surface area contributed by atoms with E-state index in [1.165, 1.54) is 10.9 Å². The average molecular weight is 214 g/mol. The van der Waals surface area contributed by atoms with Gasteiger partial charge in [0, 0.05) is 5.69 Å². The Labute approximate surface area is 87.4 Å². The van der Waals surface area contributed by atoms with Gasteiger partial charge in [0.15, 0.2) is 5.78 Å². The topological polar surface area (TPSA) is 34.9 Å². The molecule has 70 valence electrons. The number of Topliss-reactive ketones (excluding diaryl/α,β-unsaturated/α-hetero) is 1. The van der Waals surface area contributed by atoms with E-state index in [1.807, 2.05) is 0 Å². The summed E-state index contributed by atoms with van der Waals surface area (Å²) in [4.78, 5) is 15.3. The maximum Gasteiger partial charge on any atom is 0.210 e. The molecule has 1 rings (SSSR count). The Bertz CT molecular complexity index is 423. The predicted molar refractivity (Wildman–Crippen MR) is 56.9 cm³/mol. The van der Waals surface area contributed by atoms with Crippen LogP contribution in [0.15, 0.2) is 0 Å². The van der Waals surface area contributed by atoms with E-state index in [-0.39, 0.29) is 5.78 Å². The van der Waals surface area contributed by atoms with Gasteiger partial charge in [0.1, 0.15) is 0 Å². The molecular weight excluding hydrogens is 204 g/mol. The molecular formula is C8H10N2OS2. The van der Waals surface area contributed by atoms with Gasteiger partial charge in [-0.3, -0.25) is 8.77 Å². The third-order valence-corrected chi connectivity index (χ3v) is 2.74. The number of ketones is 1. The van der Waals surface area contributed by atoms with Crippen LogP contribution in [0.5, 0.6) is 0 Å². The Morgan fingerprint density at radius 2 is 2.08 bits per heavy atom. The number of carbonyl (C=O) groups excluding carboxylic acids is 1. The summed E-state index contributed by atoms with van der Waals surface area (Å²) in [5.41, 5.74) is 2.01. The van der Waals surface area contributed by atoms with Crippen molar-refractivity contribution in [3.63, 3.8) is 0 Å². The molecule has 1 aromatic heterocycles. The Hall–Kier alpha value is -0.680. The van der Waals surface area contributed by atoms with Crippen LogP contribution in [-0.4, -0.2) is 14.7 Å². The molecule has 0 aliphatic heterocycles. The fourth-order valence-electron chi connectivity index (χ4n) is 1.27. The number of aromatic nitrogens is 2. The molecule has 0 radical (unpaired) electrons. The summed E-state index contributed by atoms with van der Waals surface area (Å²) in [7, 11) is 0. The van der Waals surface area contributed by atoms with Gasteiger partial charge < -0.3 is 0 Å². The van der Waals surface area contributed by atoms with E-state index >= 15 is 0 Å². The van der Waals surface area contributed by atoms with E-state index in [4.69, 9.17) is 12.2 Å². The lowest BCUT2D eigenvalue weighted by Gasteiger charge is -2.09. The van der Waals surface area contributed by atoms with Gasteiger partial charge >= 0.3 is 0 Å². The normalized spacial score (nSPS) is 10.2. The van der Waals surface area contributed by atoms with Crippen LogP contribution in [0.3, 0.4) is 0 Å². The summed E-state index contributed by atoms with van der Waals surface area (Å²) in [5, 5.41) is 0. The van der Waals surface area contributed by atoms with E-state index in [1.54, 1.807) is 13.8 Å². The molecule has 0 atom stereocenters. The third-order valence-electron chi connectivity index (χ3n) is 1.84. The molecule has 0 unspecified atom stereocenters. The maximum atomic E-state index is 11.2. The van der Waals surface area contributed by atoms with Crippen molar-refractivity contribution in [1.82, 2.24) is 8.96 Å². The summed E-state index contributed by atoms with van der Waals surface area (Å²) in [5.74, 6) is -0.0136. The third kappa shape index (κ3) is 1.81. The molecule has 0 saturated carbocycles. The highest BCUT2D eigenvalue weighted by Crippen LogP contribution is 2.13. The van der Waals surface area contributed by atoms with E-state index in [2.05, 4.69) is 17.8 Å². The highest BCUT2D eigenvalue weighted by atomic mass is 32.1. The monoisotopic (exact) mass is 214 g/mol. The second kappa shape index (κ2) is 3.59. The van der Waals surface area contributed by atoms with Gasteiger partial charge in [-0.05, 0) is 33.0 Å². The second-order valence-electron chi connectivity index (χ2n) is 2.81. The van der Waals surface area contributed by atoms with Crippen molar-refractivity contribution >= 4 is 30.8 Å². The SMILES string of the molecule is CC(=O)c1c(C)nc(=S)n(S)c1C. The molecule has 0 aliphatic carbocycles. The number of aryl methyl sites for hydroxylation is 1. The Balaban J connectivity index is 3.63. The Morgan fingerprint density at radius 3 is 2.54 bits per heavy atom. The van der Waals surface area contributed by atoms with Crippen LogP contribution < -0.4 is 0 Å². The van der Waals surface area contributed by atoms with Crippen LogP contribution in [0.2, 0.25) is 0 Å². The lowest BCUT2D eigenvalue weighted by atomic mass is 10.1. The Morgan fingerprint density at radius 1 is 1.54 bits per heavy atom. The van der Waals surface area contributed by atoms with Crippen molar-refractivity contribution < 1.29 is 4.79 Å². The van der Waals surface area contributed by atoms with E-state index in [0.29, 0.717) is 16.0 Å². The number of nitrogens with zero attached hydrogens (tertiary/aromatic N) is 2. The summed E-state index contributed by atoms with van der Waals surface area (Å²) in [6, 6.07) is 0. The molecule has 1 aromatic rings. The first-order valence-corrected chi connectivity index (χ1v) is 4.56. The molecule has 1 heterocycles. The zero-order chi connectivity index (χ0) is 10.2. The van der Waals surface area contributed by atoms with Crippen LogP contribution in [0.4, 0.5) is 0 Å². The molecule has 0 fully saturated rings. The van der Waals surface area contributed by atoms with Crippen LogP contribution in [0.1, 0.15) is 28.7 Å². The molecule has 0 aromatic carbocycles. The molecule has 0 bridgehead atoms. The Kier molecular flexibility index (Phi) is 2.87. The highest BCUT2D eigenvalue weighted by molar-refractivity contribution is 7.79. The van der Waals surface area contributed by atoms with Crippen molar-refractivity contribution in [3.8, 4) is 0 Å². The molecule has 0 saturated heterocycles. The first kappa shape index (κ1) is 10.4. The molecule has 5 heteroatoms. The number of rotatable bonds is 1. The number of hydrogen-bond acceptors (Lipinski definition) is 4. The summed E-state index contributed by atoms with van der Waals surface area (Å²) >= 11 is 9.06. The van der Waals surface area contributed by atoms with E-state index in [9.17, 15) is 4.79 Å². The maximum absolute atomic E-state index is 11.2. The lowest BCUT2D eigenvalue weighted by molar-refractivity contribution is 0.101. The predicted octanol–water partition coefficient (Wildman–Crippen LogP) is 2.12. The van der Waals surface area contributed by atoms with Crippen LogP contribution in [0, 0.1) is 18.6 Å². The van der Waals surface area contributed by atoms with Gasteiger partial charge in [0.05, 0.1) is 11.3 Å². The largest absolute Gasteiger partial charge is 0.294 e. The standard InChI is InChI=1S/C8H10N2OS2/c1-4-7(6(3)11)5(2)10(13)8(12)9-4/h13H,1-3H3. The van der Waals surface area contributed by atoms with Crippen molar-refractivity contribution in [2.45, 2.75) is 20.8 Å². The van der Waals surface area contributed by atoms with E-state index < -0.39 is 0 Å². The van der Waals surface area contributed by atoms with Gasteiger partial charge in [-0.1, -0.05) is 12.8 Å². The van der Waals surface area contributed by atoms with Crippen LogP contribution >= 0.6 is 25.0 Å².